The summed E-state index contributed by atoms with van der Waals surface area (Å²) in [5.74, 6) is 2.69. The molecule has 76 valence electrons. The van der Waals surface area contributed by atoms with Gasteiger partial charge in [0, 0.05) is 11.5 Å². The van der Waals surface area contributed by atoms with Crippen molar-refractivity contribution in [1.29, 1.82) is 0 Å². The molecule has 1 heteroatoms. The van der Waals surface area contributed by atoms with E-state index in [4.69, 9.17) is 4.74 Å². The van der Waals surface area contributed by atoms with Gasteiger partial charge in [-0.15, -0.1) is 0 Å². The lowest BCUT2D eigenvalue weighted by Crippen LogP contribution is -1.96. The summed E-state index contributed by atoms with van der Waals surface area (Å²) in [6.45, 7) is 2.11. The molecule has 1 atom stereocenters. The normalized spacial score (nSPS) is 22.5. The highest BCUT2D eigenvalue weighted by Crippen LogP contribution is 2.45. The Balaban J connectivity index is 2.12. The van der Waals surface area contributed by atoms with Crippen LogP contribution in [0, 0.1) is 6.92 Å². The third-order valence-electron chi connectivity index (χ3n) is 3.20. The van der Waals surface area contributed by atoms with Crippen LogP contribution in [0.3, 0.4) is 0 Å². The minimum absolute atomic E-state index is 0.481. The Bertz CT molecular complexity index is 454. The van der Waals surface area contributed by atoms with Crippen molar-refractivity contribution in [3.63, 3.8) is 0 Å². The number of ether oxygens (including phenoxy) is 1. The Labute approximate surface area is 90.1 Å². The highest BCUT2D eigenvalue weighted by atomic mass is 16.5. The fourth-order valence-corrected chi connectivity index (χ4v) is 2.40. The second-order valence-electron chi connectivity index (χ2n) is 4.22. The number of aryl methyl sites for hydroxylation is 1. The Kier molecular flexibility index (Phi) is 1.91. The summed E-state index contributed by atoms with van der Waals surface area (Å²) in [6.07, 6.45) is 8.73. The second-order valence-corrected chi connectivity index (χ2v) is 4.22. The van der Waals surface area contributed by atoms with Gasteiger partial charge in [-0.2, -0.15) is 0 Å². The van der Waals surface area contributed by atoms with Crippen molar-refractivity contribution in [2.45, 2.75) is 25.7 Å². The quantitative estimate of drug-likeness (QED) is 0.617. The molecule has 0 saturated carbocycles. The number of para-hydroxylation sites is 1. The smallest absolute Gasteiger partial charge is 0.133 e. The molecule has 0 N–H and O–H groups in total. The fraction of sp³-hybridized carbons (Fsp3) is 0.286. The van der Waals surface area contributed by atoms with Gasteiger partial charge in [-0.05, 0) is 31.4 Å². The first-order valence-corrected chi connectivity index (χ1v) is 5.50. The number of fused-ring (bicyclic) bond motifs is 3. The van der Waals surface area contributed by atoms with Gasteiger partial charge in [0.05, 0.1) is 0 Å². The van der Waals surface area contributed by atoms with E-state index in [1.54, 1.807) is 0 Å². The number of benzene rings is 1. The largest absolute Gasteiger partial charge is 0.460 e. The summed E-state index contributed by atoms with van der Waals surface area (Å²) in [5.41, 5.74) is 2.61. The van der Waals surface area contributed by atoms with Crippen LogP contribution in [0.4, 0.5) is 0 Å². The van der Waals surface area contributed by atoms with Crippen LogP contribution in [0.5, 0.6) is 5.75 Å². The molecule has 15 heavy (non-hydrogen) atoms. The van der Waals surface area contributed by atoms with Crippen LogP contribution in [0.1, 0.15) is 29.9 Å². The minimum atomic E-state index is 0.481. The van der Waals surface area contributed by atoms with Crippen molar-refractivity contribution >= 4 is 0 Å². The minimum Gasteiger partial charge on any atom is -0.460 e. The lowest BCUT2D eigenvalue weighted by atomic mass is 9.93. The van der Waals surface area contributed by atoms with Crippen molar-refractivity contribution < 1.29 is 4.74 Å². The maximum Gasteiger partial charge on any atom is 0.133 e. The van der Waals surface area contributed by atoms with Crippen LogP contribution in [0.15, 0.2) is 42.2 Å². The zero-order valence-corrected chi connectivity index (χ0v) is 8.86. The predicted molar refractivity (Wildman–Crippen MR) is 61.0 cm³/mol. The first kappa shape index (κ1) is 8.78. The van der Waals surface area contributed by atoms with Crippen molar-refractivity contribution in [3.8, 4) is 5.75 Å². The molecule has 3 rings (SSSR count). The zero-order valence-electron chi connectivity index (χ0n) is 8.86. The van der Waals surface area contributed by atoms with Gasteiger partial charge in [0.2, 0.25) is 0 Å². The fourth-order valence-electron chi connectivity index (χ4n) is 2.40. The standard InChI is InChI=1S/C14H14O/c1-10-6-5-8-12-11-7-3-2-4-9-13(11)15-14(10)12/h2,4-6,8-9,11H,3,7H2,1H3. The molecule has 0 fully saturated rings. The van der Waals surface area contributed by atoms with Crippen LogP contribution in [-0.2, 0) is 0 Å². The summed E-state index contributed by atoms with van der Waals surface area (Å²) < 4.78 is 5.93. The van der Waals surface area contributed by atoms with Crippen LogP contribution >= 0.6 is 0 Å². The SMILES string of the molecule is Cc1cccc2c1OC1=CC=CCCC12. The predicted octanol–water partition coefficient (Wildman–Crippen LogP) is 3.70. The van der Waals surface area contributed by atoms with Gasteiger partial charge >= 0.3 is 0 Å². The van der Waals surface area contributed by atoms with E-state index in [1.165, 1.54) is 17.5 Å². The van der Waals surface area contributed by atoms with Crippen molar-refractivity contribution in [1.82, 2.24) is 0 Å². The first-order valence-electron chi connectivity index (χ1n) is 5.50. The van der Waals surface area contributed by atoms with E-state index in [0.717, 1.165) is 17.9 Å². The average Bonchev–Trinajstić information content (AvgIpc) is 2.45. The molecule has 0 radical (unpaired) electrons. The van der Waals surface area contributed by atoms with Crippen molar-refractivity contribution in [2.75, 3.05) is 0 Å². The molecule has 1 aromatic rings. The molecule has 0 spiro atoms. The summed E-state index contributed by atoms with van der Waals surface area (Å²) in [5, 5.41) is 0. The van der Waals surface area contributed by atoms with E-state index < -0.39 is 0 Å². The number of rotatable bonds is 0. The molecule has 1 heterocycles. The summed E-state index contributed by atoms with van der Waals surface area (Å²) in [7, 11) is 0. The van der Waals surface area contributed by atoms with Gasteiger partial charge in [-0.1, -0.05) is 30.4 Å². The van der Waals surface area contributed by atoms with Gasteiger partial charge in [0.25, 0.3) is 0 Å². The van der Waals surface area contributed by atoms with Gasteiger partial charge in [0.15, 0.2) is 0 Å². The Morgan fingerprint density at radius 3 is 3.20 bits per heavy atom. The average molecular weight is 198 g/mol. The van der Waals surface area contributed by atoms with Gasteiger partial charge < -0.3 is 4.74 Å². The van der Waals surface area contributed by atoms with Crippen LogP contribution < -0.4 is 4.74 Å². The molecule has 2 aliphatic rings. The van der Waals surface area contributed by atoms with Gasteiger partial charge in [0.1, 0.15) is 11.5 Å². The third-order valence-corrected chi connectivity index (χ3v) is 3.20. The third kappa shape index (κ3) is 1.30. The molecular weight excluding hydrogens is 184 g/mol. The molecule has 1 unspecified atom stereocenters. The van der Waals surface area contributed by atoms with E-state index >= 15 is 0 Å². The molecule has 1 aliphatic carbocycles. The molecule has 1 aromatic carbocycles. The molecule has 1 nitrogen and oxygen atoms in total. The lowest BCUT2D eigenvalue weighted by Gasteiger charge is -2.06. The van der Waals surface area contributed by atoms with Gasteiger partial charge in [-0.25, -0.2) is 0 Å². The van der Waals surface area contributed by atoms with Crippen LogP contribution in [0.25, 0.3) is 0 Å². The van der Waals surface area contributed by atoms with E-state index in [1.807, 2.05) is 0 Å². The molecule has 1 aliphatic heterocycles. The zero-order chi connectivity index (χ0) is 10.3. The number of hydrogen-bond donors (Lipinski definition) is 0. The topological polar surface area (TPSA) is 9.23 Å². The maximum absolute atomic E-state index is 5.93. The molecule has 0 aromatic heterocycles. The highest BCUT2D eigenvalue weighted by Gasteiger charge is 2.30. The number of hydrogen-bond acceptors (Lipinski definition) is 1. The van der Waals surface area contributed by atoms with E-state index in [2.05, 4.69) is 43.4 Å². The number of allylic oxidation sites excluding steroid dienone is 4. The van der Waals surface area contributed by atoms with Gasteiger partial charge in [-0.3, -0.25) is 0 Å². The Morgan fingerprint density at radius 2 is 2.27 bits per heavy atom. The van der Waals surface area contributed by atoms with Crippen molar-refractivity contribution in [3.05, 3.63) is 53.3 Å². The first-order chi connectivity index (χ1) is 7.36. The second kappa shape index (κ2) is 3.27. The summed E-state index contributed by atoms with van der Waals surface area (Å²) in [4.78, 5) is 0. The summed E-state index contributed by atoms with van der Waals surface area (Å²) >= 11 is 0. The lowest BCUT2D eigenvalue weighted by molar-refractivity contribution is 0.421. The summed E-state index contributed by atoms with van der Waals surface area (Å²) in [6, 6.07) is 6.43. The van der Waals surface area contributed by atoms with Crippen LogP contribution in [-0.4, -0.2) is 0 Å². The van der Waals surface area contributed by atoms with E-state index in [0.29, 0.717) is 5.92 Å². The van der Waals surface area contributed by atoms with Crippen molar-refractivity contribution in [2.24, 2.45) is 0 Å². The Hall–Kier alpha value is -1.50. The monoisotopic (exact) mass is 198 g/mol. The molecular formula is C14H14O. The maximum atomic E-state index is 5.93. The van der Waals surface area contributed by atoms with E-state index in [-0.39, 0.29) is 0 Å². The van der Waals surface area contributed by atoms with E-state index in [9.17, 15) is 0 Å². The highest BCUT2D eigenvalue weighted by molar-refractivity contribution is 5.51. The van der Waals surface area contributed by atoms with Crippen LogP contribution in [0.2, 0.25) is 0 Å². The molecule has 0 bridgehead atoms. The molecule has 0 amide bonds. The Morgan fingerprint density at radius 1 is 1.33 bits per heavy atom. The molecule has 0 saturated heterocycles.